The van der Waals surface area contributed by atoms with Gasteiger partial charge in [-0.2, -0.15) is 0 Å². The summed E-state index contributed by atoms with van der Waals surface area (Å²) in [7, 11) is 3.75. The standard InChI is InChI=1S/C12H13N3O/c1-15(2)7-5-11(16)10-8-14-12-9(10)4-3-6-13-12/h3-8H,1-2H3,(H,13,14)/b7-5+. The summed E-state index contributed by atoms with van der Waals surface area (Å²) in [4.78, 5) is 20.8. The molecule has 2 heterocycles. The Hall–Kier alpha value is -2.10. The van der Waals surface area contributed by atoms with Gasteiger partial charge in [0.1, 0.15) is 5.65 Å². The van der Waals surface area contributed by atoms with E-state index in [0.717, 1.165) is 11.0 Å². The molecule has 0 aliphatic rings. The first-order valence-electron chi connectivity index (χ1n) is 4.99. The first kappa shape index (κ1) is 10.4. The van der Waals surface area contributed by atoms with Gasteiger partial charge in [-0.15, -0.1) is 0 Å². The number of hydrogen-bond acceptors (Lipinski definition) is 3. The maximum absolute atomic E-state index is 11.9. The Morgan fingerprint density at radius 1 is 1.50 bits per heavy atom. The van der Waals surface area contributed by atoms with Crippen molar-refractivity contribution in [1.82, 2.24) is 14.9 Å². The van der Waals surface area contributed by atoms with Crippen molar-refractivity contribution in [2.75, 3.05) is 14.1 Å². The van der Waals surface area contributed by atoms with Crippen molar-refractivity contribution in [3.63, 3.8) is 0 Å². The van der Waals surface area contributed by atoms with Gasteiger partial charge in [0.25, 0.3) is 0 Å². The summed E-state index contributed by atoms with van der Waals surface area (Å²) in [6.07, 6.45) is 6.68. The van der Waals surface area contributed by atoms with Gasteiger partial charge in [0.2, 0.25) is 0 Å². The number of aromatic nitrogens is 2. The van der Waals surface area contributed by atoms with Gasteiger partial charge < -0.3 is 9.88 Å². The number of ketones is 1. The van der Waals surface area contributed by atoms with E-state index >= 15 is 0 Å². The number of nitrogens with zero attached hydrogens (tertiary/aromatic N) is 2. The third kappa shape index (κ3) is 1.95. The Labute approximate surface area is 93.6 Å². The molecule has 16 heavy (non-hydrogen) atoms. The normalized spacial score (nSPS) is 11.1. The number of carbonyl (C=O) groups is 1. The first-order valence-corrected chi connectivity index (χ1v) is 4.99. The van der Waals surface area contributed by atoms with Gasteiger partial charge in [0.15, 0.2) is 5.78 Å². The zero-order valence-electron chi connectivity index (χ0n) is 9.27. The molecule has 0 amide bonds. The number of carbonyl (C=O) groups excluding carboxylic acids is 1. The van der Waals surface area contributed by atoms with E-state index in [-0.39, 0.29) is 5.78 Å². The number of fused-ring (bicyclic) bond motifs is 1. The molecule has 82 valence electrons. The van der Waals surface area contributed by atoms with Gasteiger partial charge in [0, 0.05) is 49.7 Å². The lowest BCUT2D eigenvalue weighted by atomic mass is 10.1. The minimum absolute atomic E-state index is 0.0204. The lowest BCUT2D eigenvalue weighted by Crippen LogP contribution is -2.02. The van der Waals surface area contributed by atoms with E-state index in [1.807, 2.05) is 31.1 Å². The fraction of sp³-hybridized carbons (Fsp3) is 0.167. The van der Waals surface area contributed by atoms with Crippen molar-refractivity contribution in [2.45, 2.75) is 0 Å². The summed E-state index contributed by atoms with van der Waals surface area (Å²) >= 11 is 0. The summed E-state index contributed by atoms with van der Waals surface area (Å²) in [5.41, 5.74) is 1.39. The second kappa shape index (κ2) is 4.18. The highest BCUT2D eigenvalue weighted by molar-refractivity contribution is 6.12. The van der Waals surface area contributed by atoms with Gasteiger partial charge in [-0.3, -0.25) is 4.79 Å². The van der Waals surface area contributed by atoms with Crippen LogP contribution in [0.5, 0.6) is 0 Å². The molecule has 0 aliphatic carbocycles. The molecule has 0 aliphatic heterocycles. The zero-order chi connectivity index (χ0) is 11.5. The van der Waals surface area contributed by atoms with Gasteiger partial charge in [-0.1, -0.05) is 0 Å². The van der Waals surface area contributed by atoms with Crippen molar-refractivity contribution in [2.24, 2.45) is 0 Å². The maximum Gasteiger partial charge on any atom is 0.189 e. The molecule has 0 saturated carbocycles. The van der Waals surface area contributed by atoms with Crippen LogP contribution >= 0.6 is 0 Å². The summed E-state index contributed by atoms with van der Waals surface area (Å²) in [5.74, 6) is -0.0204. The SMILES string of the molecule is CN(C)/C=C/C(=O)c1c[nH]c2ncccc12. The van der Waals surface area contributed by atoms with E-state index in [1.165, 1.54) is 0 Å². The predicted molar refractivity (Wildman–Crippen MR) is 63.3 cm³/mol. The molecule has 4 heteroatoms. The molecule has 0 radical (unpaired) electrons. The number of hydrogen-bond donors (Lipinski definition) is 1. The first-order chi connectivity index (χ1) is 7.68. The summed E-state index contributed by atoms with van der Waals surface area (Å²) in [5, 5.41) is 0.857. The number of H-pyrrole nitrogens is 1. The van der Waals surface area contributed by atoms with Crippen molar-refractivity contribution >= 4 is 16.8 Å². The van der Waals surface area contributed by atoms with Crippen LogP contribution in [0.15, 0.2) is 36.8 Å². The molecule has 0 unspecified atom stereocenters. The molecule has 1 N–H and O–H groups in total. The molecule has 2 rings (SSSR count). The molecule has 4 nitrogen and oxygen atoms in total. The van der Waals surface area contributed by atoms with Crippen LogP contribution in [-0.2, 0) is 0 Å². The van der Waals surface area contributed by atoms with Crippen LogP contribution in [0.1, 0.15) is 10.4 Å². The van der Waals surface area contributed by atoms with Gasteiger partial charge >= 0.3 is 0 Å². The molecule has 0 spiro atoms. The molecule has 2 aromatic rings. The van der Waals surface area contributed by atoms with Crippen LogP contribution in [-0.4, -0.2) is 34.7 Å². The summed E-state index contributed by atoms with van der Waals surface area (Å²) in [6.45, 7) is 0. The zero-order valence-corrected chi connectivity index (χ0v) is 9.27. The molecule has 2 aromatic heterocycles. The van der Waals surface area contributed by atoms with Crippen molar-refractivity contribution in [3.8, 4) is 0 Å². The molecule has 0 aromatic carbocycles. The van der Waals surface area contributed by atoms with E-state index in [1.54, 1.807) is 24.7 Å². The minimum Gasteiger partial charge on any atom is -0.383 e. The molecular formula is C12H13N3O. The fourth-order valence-electron chi connectivity index (χ4n) is 1.47. The number of pyridine rings is 1. The lowest BCUT2D eigenvalue weighted by Gasteiger charge is -2.02. The monoisotopic (exact) mass is 215 g/mol. The average Bonchev–Trinajstić information content (AvgIpc) is 2.69. The Balaban J connectivity index is 2.37. The quantitative estimate of drug-likeness (QED) is 0.627. The van der Waals surface area contributed by atoms with E-state index in [2.05, 4.69) is 9.97 Å². The molecule has 0 bridgehead atoms. The number of allylic oxidation sites excluding steroid dienone is 1. The largest absolute Gasteiger partial charge is 0.383 e. The number of rotatable bonds is 3. The highest BCUT2D eigenvalue weighted by atomic mass is 16.1. The highest BCUT2D eigenvalue weighted by Gasteiger charge is 2.09. The van der Waals surface area contributed by atoms with Crippen LogP contribution in [0, 0.1) is 0 Å². The Morgan fingerprint density at radius 2 is 2.31 bits per heavy atom. The highest BCUT2D eigenvalue weighted by Crippen LogP contribution is 2.16. The van der Waals surface area contributed by atoms with E-state index in [0.29, 0.717) is 5.56 Å². The minimum atomic E-state index is -0.0204. The molecule has 0 saturated heterocycles. The van der Waals surface area contributed by atoms with E-state index < -0.39 is 0 Å². The lowest BCUT2D eigenvalue weighted by molar-refractivity contribution is 0.104. The summed E-state index contributed by atoms with van der Waals surface area (Å²) in [6, 6.07) is 3.71. The number of nitrogens with one attached hydrogen (secondary N) is 1. The second-order valence-electron chi connectivity index (χ2n) is 3.75. The van der Waals surface area contributed by atoms with Crippen LogP contribution in [0.2, 0.25) is 0 Å². The van der Waals surface area contributed by atoms with Crippen LogP contribution in [0.4, 0.5) is 0 Å². The van der Waals surface area contributed by atoms with Gasteiger partial charge in [-0.25, -0.2) is 4.98 Å². The maximum atomic E-state index is 11.9. The molecule has 0 atom stereocenters. The summed E-state index contributed by atoms with van der Waals surface area (Å²) < 4.78 is 0. The Bertz CT molecular complexity index is 540. The topological polar surface area (TPSA) is 49.0 Å². The van der Waals surface area contributed by atoms with Crippen LogP contribution < -0.4 is 0 Å². The van der Waals surface area contributed by atoms with Gasteiger partial charge in [-0.05, 0) is 12.1 Å². The van der Waals surface area contributed by atoms with E-state index in [9.17, 15) is 4.79 Å². The second-order valence-corrected chi connectivity index (χ2v) is 3.75. The molecule has 0 fully saturated rings. The average molecular weight is 215 g/mol. The molecular weight excluding hydrogens is 202 g/mol. The Kier molecular flexibility index (Phi) is 2.72. The van der Waals surface area contributed by atoms with E-state index in [4.69, 9.17) is 0 Å². The van der Waals surface area contributed by atoms with Crippen LogP contribution in [0.25, 0.3) is 11.0 Å². The fourth-order valence-corrected chi connectivity index (χ4v) is 1.47. The third-order valence-electron chi connectivity index (χ3n) is 2.24. The predicted octanol–water partition coefficient (Wildman–Crippen LogP) is 1.82. The third-order valence-corrected chi connectivity index (χ3v) is 2.24. The van der Waals surface area contributed by atoms with Crippen LogP contribution in [0.3, 0.4) is 0 Å². The number of aromatic amines is 1. The van der Waals surface area contributed by atoms with Gasteiger partial charge in [0.05, 0.1) is 0 Å². The van der Waals surface area contributed by atoms with Crippen molar-refractivity contribution in [1.29, 1.82) is 0 Å². The van der Waals surface area contributed by atoms with Crippen molar-refractivity contribution < 1.29 is 4.79 Å². The van der Waals surface area contributed by atoms with Crippen molar-refractivity contribution in [3.05, 3.63) is 42.4 Å². The smallest absolute Gasteiger partial charge is 0.189 e. The Morgan fingerprint density at radius 3 is 3.06 bits per heavy atom.